The summed E-state index contributed by atoms with van der Waals surface area (Å²) in [7, 11) is 0. The Morgan fingerprint density at radius 1 is 1.60 bits per heavy atom. The van der Waals surface area contributed by atoms with Gasteiger partial charge in [0.2, 0.25) is 11.9 Å². The van der Waals surface area contributed by atoms with E-state index in [-0.39, 0.29) is 29.5 Å². The van der Waals surface area contributed by atoms with E-state index < -0.39 is 0 Å². The number of carbonyl (C=O) groups is 1. The second-order valence-electron chi connectivity index (χ2n) is 4.43. The number of nitrogens with zero attached hydrogens (tertiary/aromatic N) is 7. The lowest BCUT2D eigenvalue weighted by atomic mass is 10.1. The van der Waals surface area contributed by atoms with Crippen LogP contribution in [-0.2, 0) is 4.79 Å². The minimum atomic E-state index is -0.113. The first-order chi connectivity index (χ1) is 9.69. The van der Waals surface area contributed by atoms with E-state index in [0.717, 1.165) is 0 Å². The van der Waals surface area contributed by atoms with Crippen LogP contribution in [-0.4, -0.2) is 39.2 Å². The predicted molar refractivity (Wildman–Crippen MR) is 71.2 cm³/mol. The lowest BCUT2D eigenvalue weighted by molar-refractivity contribution is -0.117. The van der Waals surface area contributed by atoms with Crippen LogP contribution in [0.5, 0.6) is 0 Å². The van der Waals surface area contributed by atoms with E-state index in [9.17, 15) is 4.79 Å². The number of azide groups is 1. The van der Waals surface area contributed by atoms with Gasteiger partial charge in [0.25, 0.3) is 0 Å². The highest BCUT2D eigenvalue weighted by Crippen LogP contribution is 2.26. The van der Waals surface area contributed by atoms with Crippen molar-refractivity contribution in [1.29, 1.82) is 0 Å². The molecule has 20 heavy (non-hydrogen) atoms. The first-order valence-corrected chi connectivity index (χ1v) is 6.24. The van der Waals surface area contributed by atoms with Crippen molar-refractivity contribution in [3.8, 4) is 0 Å². The number of hydrogen-bond donors (Lipinski definition) is 1. The number of aromatic nitrogens is 4. The van der Waals surface area contributed by atoms with Crippen LogP contribution in [0.2, 0.25) is 5.15 Å². The van der Waals surface area contributed by atoms with Crippen molar-refractivity contribution in [1.82, 2.24) is 20.2 Å². The minimum absolute atomic E-state index is 0.0294. The van der Waals surface area contributed by atoms with Crippen LogP contribution in [0.25, 0.3) is 21.5 Å². The fourth-order valence-electron chi connectivity index (χ4n) is 2.16. The Labute approximate surface area is 117 Å². The summed E-state index contributed by atoms with van der Waals surface area (Å²) in [5.74, 6) is 0.0940. The highest BCUT2D eigenvalue weighted by molar-refractivity contribution is 6.34. The molecule has 102 valence electrons. The first kappa shape index (κ1) is 12.6. The number of halogens is 1. The first-order valence-electron chi connectivity index (χ1n) is 5.87. The van der Waals surface area contributed by atoms with Gasteiger partial charge in [0, 0.05) is 24.4 Å². The van der Waals surface area contributed by atoms with E-state index in [1.807, 2.05) is 0 Å². The average molecular weight is 293 g/mol. The van der Waals surface area contributed by atoms with E-state index in [1.165, 1.54) is 11.1 Å². The Morgan fingerprint density at radius 2 is 2.45 bits per heavy atom. The smallest absolute Gasteiger partial charge is 0.235 e. The molecule has 0 saturated carbocycles. The van der Waals surface area contributed by atoms with Gasteiger partial charge in [-0.2, -0.15) is 15.1 Å². The molecule has 3 rings (SSSR count). The van der Waals surface area contributed by atoms with Crippen LogP contribution >= 0.6 is 11.6 Å². The Bertz CT molecular complexity index is 721. The Morgan fingerprint density at radius 3 is 3.25 bits per heavy atom. The summed E-state index contributed by atoms with van der Waals surface area (Å²) in [5, 5.41) is 10.9. The van der Waals surface area contributed by atoms with Crippen molar-refractivity contribution >= 4 is 34.5 Å². The molecule has 1 aliphatic heterocycles. The highest BCUT2D eigenvalue weighted by atomic mass is 35.5. The van der Waals surface area contributed by atoms with E-state index in [2.05, 4.69) is 30.2 Å². The molecule has 10 heteroatoms. The largest absolute Gasteiger partial charge is 0.280 e. The highest BCUT2D eigenvalue weighted by Gasteiger charge is 2.32. The van der Waals surface area contributed by atoms with Crippen molar-refractivity contribution in [2.45, 2.75) is 6.42 Å². The molecule has 1 unspecified atom stereocenters. The van der Waals surface area contributed by atoms with E-state index in [0.29, 0.717) is 24.0 Å². The minimum Gasteiger partial charge on any atom is -0.280 e. The standard InChI is InChI=1S/C10H9ClN8O/c11-8-6-3-13-17-9(6)16-10(15-8)19-4-5(1-7(19)20)2-14-18-12/h3,5H,1-2,4H2,(H,13,15,16,17). The van der Waals surface area contributed by atoms with Gasteiger partial charge in [-0.1, -0.05) is 16.7 Å². The normalized spacial score (nSPS) is 18.6. The molecule has 1 fully saturated rings. The third-order valence-electron chi connectivity index (χ3n) is 3.10. The number of hydrogen-bond acceptors (Lipinski definition) is 5. The zero-order chi connectivity index (χ0) is 14.1. The molecule has 2 aromatic rings. The van der Waals surface area contributed by atoms with Gasteiger partial charge in [0.15, 0.2) is 5.65 Å². The van der Waals surface area contributed by atoms with Gasteiger partial charge >= 0.3 is 0 Å². The quantitative estimate of drug-likeness (QED) is 0.400. The van der Waals surface area contributed by atoms with E-state index in [1.54, 1.807) is 0 Å². The van der Waals surface area contributed by atoms with Gasteiger partial charge in [0.05, 0.1) is 11.6 Å². The Balaban J connectivity index is 1.90. The summed E-state index contributed by atoms with van der Waals surface area (Å²) in [6.07, 6.45) is 1.83. The number of anilines is 1. The number of aromatic amines is 1. The number of fused-ring (bicyclic) bond motifs is 1. The van der Waals surface area contributed by atoms with Gasteiger partial charge in [-0.25, -0.2) is 0 Å². The number of H-pyrrole nitrogens is 1. The molecule has 3 heterocycles. The third kappa shape index (κ3) is 2.13. The van der Waals surface area contributed by atoms with Crippen LogP contribution in [0.3, 0.4) is 0 Å². The molecule has 2 aromatic heterocycles. The van der Waals surface area contributed by atoms with Crippen molar-refractivity contribution in [2.24, 2.45) is 11.0 Å². The molecule has 0 bridgehead atoms. The van der Waals surface area contributed by atoms with Crippen molar-refractivity contribution < 1.29 is 4.79 Å². The Hall–Kier alpha value is -2.38. The predicted octanol–water partition coefficient (Wildman–Crippen LogP) is 1.67. The van der Waals surface area contributed by atoms with E-state index >= 15 is 0 Å². The maximum Gasteiger partial charge on any atom is 0.235 e. The van der Waals surface area contributed by atoms with Crippen molar-refractivity contribution in [3.05, 3.63) is 21.8 Å². The summed E-state index contributed by atoms with van der Waals surface area (Å²) in [6.45, 7) is 0.687. The molecule has 1 atom stereocenters. The third-order valence-corrected chi connectivity index (χ3v) is 3.39. The van der Waals surface area contributed by atoms with Crippen LogP contribution in [0.1, 0.15) is 6.42 Å². The van der Waals surface area contributed by atoms with Gasteiger partial charge in [-0.3, -0.25) is 14.8 Å². The molecule has 0 aromatic carbocycles. The molecule has 0 radical (unpaired) electrons. The lowest BCUT2D eigenvalue weighted by Gasteiger charge is -2.14. The van der Waals surface area contributed by atoms with E-state index in [4.69, 9.17) is 17.1 Å². The molecule has 9 nitrogen and oxygen atoms in total. The van der Waals surface area contributed by atoms with Crippen LogP contribution in [0, 0.1) is 5.92 Å². The molecule has 1 aliphatic rings. The topological polar surface area (TPSA) is 124 Å². The second kappa shape index (κ2) is 4.95. The maximum absolute atomic E-state index is 12.0. The molecular weight excluding hydrogens is 284 g/mol. The summed E-state index contributed by atoms with van der Waals surface area (Å²) < 4.78 is 0. The number of amides is 1. The summed E-state index contributed by atoms with van der Waals surface area (Å²) in [5.41, 5.74) is 8.79. The van der Waals surface area contributed by atoms with Crippen molar-refractivity contribution in [2.75, 3.05) is 18.0 Å². The molecule has 1 amide bonds. The van der Waals surface area contributed by atoms with Gasteiger partial charge in [-0.05, 0) is 11.4 Å². The van der Waals surface area contributed by atoms with Crippen LogP contribution in [0.15, 0.2) is 11.3 Å². The fourth-order valence-corrected chi connectivity index (χ4v) is 2.37. The van der Waals surface area contributed by atoms with Gasteiger partial charge < -0.3 is 0 Å². The number of nitrogens with one attached hydrogen (secondary N) is 1. The molecule has 0 spiro atoms. The monoisotopic (exact) mass is 292 g/mol. The zero-order valence-electron chi connectivity index (χ0n) is 10.2. The molecular formula is C10H9ClN8O. The van der Waals surface area contributed by atoms with Crippen molar-refractivity contribution in [3.63, 3.8) is 0 Å². The van der Waals surface area contributed by atoms with Crippen LogP contribution in [0.4, 0.5) is 5.95 Å². The molecule has 1 saturated heterocycles. The number of rotatable bonds is 3. The summed E-state index contributed by atoms with van der Waals surface area (Å²) in [6, 6.07) is 0. The van der Waals surface area contributed by atoms with Gasteiger partial charge in [0.1, 0.15) is 5.15 Å². The fraction of sp³-hybridized carbons (Fsp3) is 0.400. The summed E-state index contributed by atoms with van der Waals surface area (Å²) in [4.78, 5) is 24.5. The zero-order valence-corrected chi connectivity index (χ0v) is 10.9. The Kier molecular flexibility index (Phi) is 3.13. The maximum atomic E-state index is 12.0. The van der Waals surface area contributed by atoms with Crippen LogP contribution < -0.4 is 4.90 Å². The second-order valence-corrected chi connectivity index (χ2v) is 4.79. The molecule has 0 aliphatic carbocycles. The summed E-state index contributed by atoms with van der Waals surface area (Å²) >= 11 is 6.03. The lowest BCUT2D eigenvalue weighted by Crippen LogP contribution is -2.27. The SMILES string of the molecule is [N-]=[N+]=NCC1CC(=O)N(c2nc(Cl)c3cn[nH]c3n2)C1. The number of carbonyl (C=O) groups excluding carboxylic acids is 1. The average Bonchev–Trinajstić information content (AvgIpc) is 3.02. The van der Waals surface area contributed by atoms with Gasteiger partial charge in [-0.15, -0.1) is 0 Å². The molecule has 1 N–H and O–H groups in total.